The van der Waals surface area contributed by atoms with E-state index < -0.39 is 14.0 Å². The van der Waals surface area contributed by atoms with Crippen LogP contribution >= 0.6 is 23.2 Å². The summed E-state index contributed by atoms with van der Waals surface area (Å²) in [4.78, 5) is 29.8. The minimum atomic E-state index is -1.25. The fourth-order valence-corrected chi connectivity index (χ4v) is 9.51. The number of fused-ring (bicyclic) bond motifs is 4. The summed E-state index contributed by atoms with van der Waals surface area (Å²) in [6.45, 7) is 19.1. The summed E-state index contributed by atoms with van der Waals surface area (Å²) >= 11 is 13.7. The van der Waals surface area contributed by atoms with Crippen molar-refractivity contribution in [1.82, 2.24) is 18.9 Å². The third-order valence-electron chi connectivity index (χ3n) is 11.4. The Bertz CT molecular complexity index is 2560. The molecular weight excluding hydrogens is 790 g/mol. The van der Waals surface area contributed by atoms with Crippen LogP contribution in [-0.2, 0) is 29.7 Å². The summed E-state index contributed by atoms with van der Waals surface area (Å²) in [5.74, 6) is 0.211. The molecule has 306 valence electrons. The molecule has 7 rings (SSSR count). The fourth-order valence-electron chi connectivity index (χ4n) is 8.40. The van der Waals surface area contributed by atoms with Crippen molar-refractivity contribution in [2.45, 2.75) is 85.9 Å². The SMILES string of the molecule is COC(=O)c1cc2c(N3C[C@@H](C)n4c(c(CCCOc5cc(C)c(Cl)c(C)c5)c5ccc(Cl)c(-c6c(C)nn(COCC[Si](C)(C)C)c6C)c54)C3=O)cccc2n1C. The molecule has 0 unspecified atom stereocenters. The van der Waals surface area contributed by atoms with Crippen molar-refractivity contribution in [3.05, 3.63) is 98.0 Å². The normalized spacial score (nSPS) is 14.5. The molecule has 6 aromatic rings. The molecule has 3 aromatic carbocycles. The zero-order valence-electron chi connectivity index (χ0n) is 35.2. The summed E-state index contributed by atoms with van der Waals surface area (Å²) in [7, 11) is 1.95. The molecule has 3 aromatic heterocycles. The first-order valence-electron chi connectivity index (χ1n) is 19.9. The summed E-state index contributed by atoms with van der Waals surface area (Å²) in [5, 5.41) is 8.04. The first kappa shape index (κ1) is 41.6. The molecule has 0 radical (unpaired) electrons. The number of amides is 1. The Morgan fingerprint density at radius 2 is 1.69 bits per heavy atom. The first-order chi connectivity index (χ1) is 27.5. The van der Waals surface area contributed by atoms with Crippen molar-refractivity contribution in [1.29, 1.82) is 0 Å². The van der Waals surface area contributed by atoms with Gasteiger partial charge in [0.2, 0.25) is 0 Å². The largest absolute Gasteiger partial charge is 0.494 e. The van der Waals surface area contributed by atoms with Gasteiger partial charge in [0.15, 0.2) is 0 Å². The van der Waals surface area contributed by atoms with Gasteiger partial charge in [0.1, 0.15) is 23.9 Å². The number of aromatic nitrogens is 4. The van der Waals surface area contributed by atoms with E-state index >= 15 is 4.79 Å². The Labute approximate surface area is 351 Å². The fraction of sp³-hybridized carbons (Fsp3) is 0.400. The maximum atomic E-state index is 15.2. The lowest BCUT2D eigenvalue weighted by atomic mass is 9.98. The number of esters is 1. The van der Waals surface area contributed by atoms with Gasteiger partial charge in [0, 0.05) is 66.9 Å². The topological polar surface area (TPSA) is 92.8 Å². The number of halogens is 2. The van der Waals surface area contributed by atoms with Gasteiger partial charge >= 0.3 is 5.97 Å². The molecule has 1 aliphatic rings. The number of benzene rings is 3. The third-order valence-corrected chi connectivity index (χ3v) is 14.0. The molecule has 4 heterocycles. The number of anilines is 1. The van der Waals surface area contributed by atoms with E-state index in [-0.39, 0.29) is 11.9 Å². The van der Waals surface area contributed by atoms with Crippen LogP contribution in [0.1, 0.15) is 68.4 Å². The van der Waals surface area contributed by atoms with E-state index in [9.17, 15) is 4.79 Å². The first-order valence-corrected chi connectivity index (χ1v) is 24.3. The third kappa shape index (κ3) is 7.58. The van der Waals surface area contributed by atoms with Crippen LogP contribution < -0.4 is 9.64 Å². The zero-order valence-corrected chi connectivity index (χ0v) is 37.7. The van der Waals surface area contributed by atoms with Crippen molar-refractivity contribution in [2.24, 2.45) is 7.05 Å². The predicted molar refractivity (Wildman–Crippen MR) is 237 cm³/mol. The van der Waals surface area contributed by atoms with Gasteiger partial charge in [0.05, 0.1) is 41.2 Å². The molecule has 0 spiro atoms. The lowest BCUT2D eigenvalue weighted by molar-refractivity contribution is 0.0590. The molecule has 0 saturated carbocycles. The Balaban J connectivity index is 1.34. The average Bonchev–Trinajstić information content (AvgIpc) is 3.79. The van der Waals surface area contributed by atoms with Crippen LogP contribution in [0, 0.1) is 27.7 Å². The molecule has 0 N–H and O–H groups in total. The molecule has 13 heteroatoms. The molecular formula is C45H53Cl2N5O5Si. The van der Waals surface area contributed by atoms with E-state index in [1.54, 1.807) is 0 Å². The molecule has 0 saturated heterocycles. The van der Waals surface area contributed by atoms with Crippen LogP contribution in [0.4, 0.5) is 5.69 Å². The summed E-state index contributed by atoms with van der Waals surface area (Å²) in [6.07, 6.45) is 1.25. The highest BCUT2D eigenvalue weighted by Gasteiger charge is 2.37. The van der Waals surface area contributed by atoms with E-state index in [0.717, 1.165) is 83.5 Å². The summed E-state index contributed by atoms with van der Waals surface area (Å²) < 4.78 is 23.4. The van der Waals surface area contributed by atoms with Gasteiger partial charge in [-0.05, 0) is 107 Å². The number of carbonyl (C=O) groups is 2. The van der Waals surface area contributed by atoms with Crippen molar-refractivity contribution >= 4 is 70.6 Å². The number of carbonyl (C=O) groups excluding carboxylic acids is 2. The van der Waals surface area contributed by atoms with Gasteiger partial charge < -0.3 is 28.2 Å². The Kier molecular flexibility index (Phi) is 11.7. The predicted octanol–water partition coefficient (Wildman–Crippen LogP) is 10.9. The second-order valence-electron chi connectivity index (χ2n) is 16.8. The smallest absolute Gasteiger partial charge is 0.354 e. The van der Waals surface area contributed by atoms with Crippen LogP contribution in [0.2, 0.25) is 35.7 Å². The Hall–Kier alpha value is -4.55. The minimum Gasteiger partial charge on any atom is -0.494 e. The van der Waals surface area contributed by atoms with Crippen molar-refractivity contribution in [3.63, 3.8) is 0 Å². The van der Waals surface area contributed by atoms with Gasteiger partial charge in [-0.25, -0.2) is 9.48 Å². The van der Waals surface area contributed by atoms with Gasteiger partial charge in [-0.3, -0.25) is 4.79 Å². The second kappa shape index (κ2) is 16.2. The van der Waals surface area contributed by atoms with Crippen molar-refractivity contribution in [2.75, 3.05) is 31.8 Å². The molecule has 0 aliphatic carbocycles. The molecule has 10 nitrogen and oxygen atoms in total. The van der Waals surface area contributed by atoms with Crippen LogP contribution in [0.25, 0.3) is 32.9 Å². The molecule has 0 bridgehead atoms. The number of hydrogen-bond donors (Lipinski definition) is 0. The Morgan fingerprint density at radius 1 is 0.966 bits per heavy atom. The molecule has 0 fully saturated rings. The van der Waals surface area contributed by atoms with Crippen LogP contribution in [-0.4, -0.2) is 65.7 Å². The highest BCUT2D eigenvalue weighted by Crippen LogP contribution is 2.46. The van der Waals surface area contributed by atoms with E-state index in [2.05, 4.69) is 38.1 Å². The average molecular weight is 843 g/mol. The molecule has 1 aliphatic heterocycles. The highest BCUT2D eigenvalue weighted by atomic mass is 35.5. The van der Waals surface area contributed by atoms with Crippen LogP contribution in [0.5, 0.6) is 5.75 Å². The standard InChI is InChI=1S/C45H53Cl2N5O5Si/c1-26-21-31(22-27(2)41(26)47)57-18-12-13-32-33-16-17-35(46)40(39-29(4)48-51(30(39)5)25-56-19-20-58(8,9)10)42(33)52-28(3)24-50(44(53)43(32)52)37-15-11-14-36-34(37)23-38(49(36)6)45(54)55-7/h11,14-17,21-23,28H,12-13,18-20,24-25H2,1-10H3/t28-/m1/s1. The van der Waals surface area contributed by atoms with Gasteiger partial charge in [-0.1, -0.05) is 55.0 Å². The van der Waals surface area contributed by atoms with Gasteiger partial charge in [0.25, 0.3) is 5.91 Å². The van der Waals surface area contributed by atoms with E-state index in [4.69, 9.17) is 42.5 Å². The van der Waals surface area contributed by atoms with E-state index in [1.807, 2.05) is 90.5 Å². The number of ether oxygens (including phenoxy) is 3. The minimum absolute atomic E-state index is 0.118. The lowest BCUT2D eigenvalue weighted by Gasteiger charge is -2.34. The van der Waals surface area contributed by atoms with Crippen molar-refractivity contribution < 1.29 is 23.8 Å². The maximum Gasteiger partial charge on any atom is 0.354 e. The van der Waals surface area contributed by atoms with E-state index in [1.165, 1.54) is 7.11 Å². The monoisotopic (exact) mass is 841 g/mol. The zero-order chi connectivity index (χ0) is 41.8. The van der Waals surface area contributed by atoms with E-state index in [0.29, 0.717) is 55.7 Å². The number of rotatable bonds is 13. The molecule has 1 amide bonds. The number of nitrogens with zero attached hydrogens (tertiary/aromatic N) is 5. The summed E-state index contributed by atoms with van der Waals surface area (Å²) in [6, 6.07) is 16.5. The maximum absolute atomic E-state index is 15.2. The number of aryl methyl sites for hydroxylation is 5. The van der Waals surface area contributed by atoms with Gasteiger partial charge in [-0.2, -0.15) is 5.10 Å². The number of methoxy groups -OCH3 is 1. The Morgan fingerprint density at radius 3 is 2.38 bits per heavy atom. The number of hydrogen-bond acceptors (Lipinski definition) is 6. The summed E-state index contributed by atoms with van der Waals surface area (Å²) in [5.41, 5.74) is 9.98. The molecule has 58 heavy (non-hydrogen) atoms. The highest BCUT2D eigenvalue weighted by molar-refractivity contribution is 6.76. The van der Waals surface area contributed by atoms with Gasteiger partial charge in [-0.15, -0.1) is 0 Å². The van der Waals surface area contributed by atoms with Crippen LogP contribution in [0.3, 0.4) is 0 Å². The molecule has 1 atom stereocenters. The lowest BCUT2D eigenvalue weighted by Crippen LogP contribution is -2.42. The second-order valence-corrected chi connectivity index (χ2v) is 23.2. The quantitative estimate of drug-likeness (QED) is 0.0653. The van der Waals surface area contributed by atoms with Crippen LogP contribution in [0.15, 0.2) is 48.5 Å². The van der Waals surface area contributed by atoms with Crippen molar-refractivity contribution in [3.8, 4) is 16.9 Å².